The third-order valence-corrected chi connectivity index (χ3v) is 2.65. The van der Waals surface area contributed by atoms with Gasteiger partial charge in [-0.25, -0.2) is 0 Å². The number of carbonyl (C=O) groups excluding carboxylic acids is 2. The third kappa shape index (κ3) is 3.81. The number of nitrogens with zero attached hydrogens (tertiary/aromatic N) is 1. The normalized spacial score (nSPS) is 24.6. The molecule has 1 N–H and O–H groups in total. The van der Waals surface area contributed by atoms with Gasteiger partial charge in [0, 0.05) is 19.5 Å². The summed E-state index contributed by atoms with van der Waals surface area (Å²) in [4.78, 5) is 24.3. The van der Waals surface area contributed by atoms with Crippen LogP contribution in [0.2, 0.25) is 0 Å². The van der Waals surface area contributed by atoms with Crippen LogP contribution in [0.15, 0.2) is 0 Å². The summed E-state index contributed by atoms with van der Waals surface area (Å²) in [6.07, 6.45) is 0.873. The molecule has 16 heavy (non-hydrogen) atoms. The first-order valence-corrected chi connectivity index (χ1v) is 5.60. The van der Waals surface area contributed by atoms with Gasteiger partial charge in [0.25, 0.3) is 0 Å². The fourth-order valence-electron chi connectivity index (χ4n) is 1.76. The minimum Gasteiger partial charge on any atom is -0.466 e. The van der Waals surface area contributed by atoms with E-state index in [1.807, 2.05) is 0 Å². The minimum absolute atomic E-state index is 0.0918. The Kier molecular flexibility index (Phi) is 4.29. The number of hydrogen-bond acceptors (Lipinski definition) is 4. The molecule has 1 amide bonds. The lowest BCUT2D eigenvalue weighted by atomic mass is 10.1. The fraction of sp³-hybridized carbons (Fsp3) is 0.818. The van der Waals surface area contributed by atoms with Crippen LogP contribution in [0.5, 0.6) is 0 Å². The zero-order valence-electron chi connectivity index (χ0n) is 9.86. The molecule has 5 nitrogen and oxygen atoms in total. The van der Waals surface area contributed by atoms with Crippen LogP contribution in [-0.2, 0) is 14.3 Å². The highest BCUT2D eigenvalue weighted by Crippen LogP contribution is 2.20. The molecule has 0 spiro atoms. The van der Waals surface area contributed by atoms with Gasteiger partial charge in [-0.15, -0.1) is 0 Å². The topological polar surface area (TPSA) is 66.8 Å². The molecule has 1 unspecified atom stereocenters. The Morgan fingerprint density at radius 2 is 2.12 bits per heavy atom. The molecule has 1 rings (SSSR count). The fourth-order valence-corrected chi connectivity index (χ4v) is 1.76. The molecule has 1 aliphatic heterocycles. The Morgan fingerprint density at radius 3 is 2.62 bits per heavy atom. The van der Waals surface area contributed by atoms with E-state index in [2.05, 4.69) is 0 Å². The van der Waals surface area contributed by atoms with Crippen molar-refractivity contribution >= 4 is 11.9 Å². The molecule has 0 radical (unpaired) electrons. The molecule has 0 saturated carbocycles. The molecular weight excluding hydrogens is 210 g/mol. The Hall–Kier alpha value is -1.10. The molecule has 1 heterocycles. The summed E-state index contributed by atoms with van der Waals surface area (Å²) in [6, 6.07) is 0. The van der Waals surface area contributed by atoms with Crippen molar-refractivity contribution in [3.8, 4) is 0 Å². The van der Waals surface area contributed by atoms with Crippen molar-refractivity contribution in [2.75, 3.05) is 19.7 Å². The van der Waals surface area contributed by atoms with E-state index < -0.39 is 5.60 Å². The van der Waals surface area contributed by atoms with Gasteiger partial charge in [-0.1, -0.05) is 0 Å². The number of carbonyl (C=O) groups is 2. The summed E-state index contributed by atoms with van der Waals surface area (Å²) in [5.41, 5.74) is -0.778. The molecule has 0 bridgehead atoms. The molecule has 5 heteroatoms. The summed E-state index contributed by atoms with van der Waals surface area (Å²) >= 11 is 0. The number of ether oxygens (including phenoxy) is 1. The van der Waals surface area contributed by atoms with Gasteiger partial charge in [-0.2, -0.15) is 0 Å². The second-order valence-corrected chi connectivity index (χ2v) is 4.37. The van der Waals surface area contributed by atoms with Gasteiger partial charge in [-0.3, -0.25) is 9.59 Å². The van der Waals surface area contributed by atoms with Gasteiger partial charge in [0.2, 0.25) is 5.91 Å². The highest BCUT2D eigenvalue weighted by atomic mass is 16.5. The number of amides is 1. The minimum atomic E-state index is -0.778. The summed E-state index contributed by atoms with van der Waals surface area (Å²) < 4.78 is 4.74. The van der Waals surface area contributed by atoms with E-state index in [4.69, 9.17) is 4.74 Å². The van der Waals surface area contributed by atoms with Gasteiger partial charge < -0.3 is 14.7 Å². The van der Waals surface area contributed by atoms with E-state index >= 15 is 0 Å². The number of β-amino-alcohol motifs (C(OH)–C–C–N with tert-alkyl or cyclic N) is 1. The molecule has 1 atom stereocenters. The van der Waals surface area contributed by atoms with Crippen LogP contribution in [0, 0.1) is 0 Å². The first-order chi connectivity index (χ1) is 7.44. The van der Waals surface area contributed by atoms with Gasteiger partial charge in [0.05, 0.1) is 18.6 Å². The van der Waals surface area contributed by atoms with Crippen LogP contribution < -0.4 is 0 Å². The van der Waals surface area contributed by atoms with E-state index in [0.29, 0.717) is 26.1 Å². The van der Waals surface area contributed by atoms with Crippen LogP contribution in [-0.4, -0.2) is 47.2 Å². The lowest BCUT2D eigenvalue weighted by molar-refractivity contribution is -0.145. The molecule has 1 saturated heterocycles. The zero-order chi connectivity index (χ0) is 12.2. The predicted octanol–water partition coefficient (Wildman–Crippen LogP) is 0.313. The molecule has 0 aromatic carbocycles. The lowest BCUT2D eigenvalue weighted by Crippen LogP contribution is -2.34. The van der Waals surface area contributed by atoms with E-state index in [0.717, 1.165) is 0 Å². The van der Waals surface area contributed by atoms with Crippen molar-refractivity contribution < 1.29 is 19.4 Å². The maximum atomic E-state index is 11.6. The van der Waals surface area contributed by atoms with Gasteiger partial charge >= 0.3 is 5.97 Å². The van der Waals surface area contributed by atoms with Crippen molar-refractivity contribution in [2.45, 2.75) is 38.7 Å². The molecule has 1 aliphatic rings. The number of hydrogen-bond donors (Lipinski definition) is 1. The van der Waals surface area contributed by atoms with Crippen molar-refractivity contribution in [1.82, 2.24) is 4.90 Å². The number of likely N-dealkylation sites (tertiary alicyclic amines) is 1. The predicted molar refractivity (Wildman–Crippen MR) is 57.7 cm³/mol. The zero-order valence-corrected chi connectivity index (χ0v) is 9.86. The quantitative estimate of drug-likeness (QED) is 0.705. The number of esters is 1. The molecule has 0 aromatic rings. The second kappa shape index (κ2) is 5.30. The van der Waals surface area contributed by atoms with E-state index in [1.54, 1.807) is 18.7 Å². The van der Waals surface area contributed by atoms with Crippen molar-refractivity contribution in [2.24, 2.45) is 0 Å². The average molecular weight is 229 g/mol. The monoisotopic (exact) mass is 229 g/mol. The smallest absolute Gasteiger partial charge is 0.306 e. The molecule has 92 valence electrons. The Bertz CT molecular complexity index is 275. The lowest BCUT2D eigenvalue weighted by Gasteiger charge is -2.18. The van der Waals surface area contributed by atoms with E-state index in [9.17, 15) is 14.7 Å². The van der Waals surface area contributed by atoms with Gasteiger partial charge in [0.1, 0.15) is 0 Å². The third-order valence-electron chi connectivity index (χ3n) is 2.65. The Morgan fingerprint density at radius 1 is 1.44 bits per heavy atom. The first-order valence-electron chi connectivity index (χ1n) is 5.60. The van der Waals surface area contributed by atoms with Crippen LogP contribution in [0.1, 0.15) is 33.1 Å². The molecule has 0 aromatic heterocycles. The maximum Gasteiger partial charge on any atom is 0.306 e. The summed E-state index contributed by atoms with van der Waals surface area (Å²) in [7, 11) is 0. The van der Waals surface area contributed by atoms with Crippen LogP contribution >= 0.6 is 0 Å². The highest BCUT2D eigenvalue weighted by molar-refractivity contribution is 5.81. The maximum absolute atomic E-state index is 11.6. The Labute approximate surface area is 95.4 Å². The van der Waals surface area contributed by atoms with Crippen molar-refractivity contribution in [1.29, 1.82) is 0 Å². The largest absolute Gasteiger partial charge is 0.466 e. The number of rotatable bonds is 4. The summed E-state index contributed by atoms with van der Waals surface area (Å²) in [6.45, 7) is 4.71. The molecule has 0 aliphatic carbocycles. The summed E-state index contributed by atoms with van der Waals surface area (Å²) in [5.74, 6) is -0.437. The van der Waals surface area contributed by atoms with Crippen molar-refractivity contribution in [3.63, 3.8) is 0 Å². The van der Waals surface area contributed by atoms with Gasteiger partial charge in [-0.05, 0) is 20.3 Å². The highest BCUT2D eigenvalue weighted by Gasteiger charge is 2.33. The summed E-state index contributed by atoms with van der Waals surface area (Å²) in [5, 5.41) is 9.69. The second-order valence-electron chi connectivity index (χ2n) is 4.37. The SMILES string of the molecule is CCOC(=O)CCC(=O)N1CCC(C)(O)C1. The average Bonchev–Trinajstić information content (AvgIpc) is 2.56. The van der Waals surface area contributed by atoms with Crippen molar-refractivity contribution in [3.05, 3.63) is 0 Å². The van der Waals surface area contributed by atoms with Crippen LogP contribution in [0.3, 0.4) is 0 Å². The number of aliphatic hydroxyl groups is 1. The first kappa shape index (κ1) is 13.0. The molecule has 1 fully saturated rings. The van der Waals surface area contributed by atoms with Crippen LogP contribution in [0.4, 0.5) is 0 Å². The molecular formula is C11H19NO4. The Balaban J connectivity index is 2.29. The van der Waals surface area contributed by atoms with E-state index in [1.165, 1.54) is 0 Å². The van der Waals surface area contributed by atoms with Crippen LogP contribution in [0.25, 0.3) is 0 Å². The van der Waals surface area contributed by atoms with Gasteiger partial charge in [0.15, 0.2) is 0 Å². The standard InChI is InChI=1S/C11H19NO4/c1-3-16-10(14)5-4-9(13)12-7-6-11(2,15)8-12/h15H,3-8H2,1-2H3. The van der Waals surface area contributed by atoms with E-state index in [-0.39, 0.29) is 24.7 Å².